The number of methoxy groups -OCH3 is 1. The largest absolute Gasteiger partial charge is 0.465 e. The third kappa shape index (κ3) is 3.46. The fraction of sp³-hybridized carbons (Fsp3) is 0.588. The maximum Gasteiger partial charge on any atom is 0.339 e. The Morgan fingerprint density at radius 2 is 1.96 bits per heavy atom. The van der Waals surface area contributed by atoms with Crippen LogP contribution in [0.2, 0.25) is 0 Å². The normalized spacial score (nSPS) is 15.2. The van der Waals surface area contributed by atoms with E-state index in [9.17, 15) is 14.4 Å². The number of rotatable bonds is 6. The van der Waals surface area contributed by atoms with Crippen molar-refractivity contribution in [1.29, 1.82) is 0 Å². The minimum absolute atomic E-state index is 0.0477. The number of ether oxygens (including phenoxy) is 1. The number of hydrogen-bond acceptors (Lipinski definition) is 4. The van der Waals surface area contributed by atoms with Crippen LogP contribution in [0.4, 0.5) is 0 Å². The van der Waals surface area contributed by atoms with Gasteiger partial charge in [-0.2, -0.15) is 0 Å². The second kappa shape index (κ2) is 6.56. The number of hydrogen-bond donors (Lipinski definition) is 1. The number of esters is 1. The van der Waals surface area contributed by atoms with Gasteiger partial charge in [0.2, 0.25) is 5.91 Å². The first-order chi connectivity index (χ1) is 10.8. The van der Waals surface area contributed by atoms with Gasteiger partial charge in [0.1, 0.15) is 0 Å². The van der Waals surface area contributed by atoms with Crippen molar-refractivity contribution in [2.75, 3.05) is 14.2 Å². The third-order valence-electron chi connectivity index (χ3n) is 4.71. The number of nitrogens with one attached hydrogen (secondary N) is 1. The standard InChI is InChI=1S/C17H24N2O4/c1-9-15(17(22)23-5)13(18-16(9)11(3)20)8-14(21)19(4)10(2)12-6-7-12/h10,12,18H,6-8H2,1-5H3. The Kier molecular flexibility index (Phi) is 4.92. The number of Topliss-reactive ketones (excluding diaryl/α,β-unsaturated/α-hetero) is 1. The van der Waals surface area contributed by atoms with Crippen molar-refractivity contribution >= 4 is 17.7 Å². The number of H-pyrrole nitrogens is 1. The number of nitrogens with zero attached hydrogens (tertiary/aromatic N) is 1. The highest BCUT2D eigenvalue weighted by Crippen LogP contribution is 2.35. The highest BCUT2D eigenvalue weighted by atomic mass is 16.5. The zero-order valence-electron chi connectivity index (χ0n) is 14.4. The Labute approximate surface area is 136 Å². The summed E-state index contributed by atoms with van der Waals surface area (Å²) >= 11 is 0. The van der Waals surface area contributed by atoms with Crippen LogP contribution in [0, 0.1) is 12.8 Å². The van der Waals surface area contributed by atoms with Crippen LogP contribution in [0.25, 0.3) is 0 Å². The van der Waals surface area contributed by atoms with Crippen LogP contribution in [0.15, 0.2) is 0 Å². The minimum Gasteiger partial charge on any atom is -0.465 e. The summed E-state index contributed by atoms with van der Waals surface area (Å²) in [6, 6.07) is 0.187. The maximum atomic E-state index is 12.5. The molecule has 2 rings (SSSR count). The van der Waals surface area contributed by atoms with E-state index in [1.165, 1.54) is 14.0 Å². The van der Waals surface area contributed by atoms with Crippen LogP contribution < -0.4 is 0 Å². The molecule has 1 aliphatic carbocycles. The maximum absolute atomic E-state index is 12.5. The van der Waals surface area contributed by atoms with E-state index in [4.69, 9.17) is 4.74 Å². The average Bonchev–Trinajstić information content (AvgIpc) is 3.30. The molecule has 0 bridgehead atoms. The molecular formula is C17H24N2O4. The van der Waals surface area contributed by atoms with Gasteiger partial charge in [-0.05, 0) is 38.2 Å². The zero-order valence-corrected chi connectivity index (χ0v) is 14.4. The number of ketones is 1. The summed E-state index contributed by atoms with van der Waals surface area (Å²) < 4.78 is 4.79. The van der Waals surface area contributed by atoms with Gasteiger partial charge < -0.3 is 14.6 Å². The molecule has 1 amide bonds. The molecule has 126 valence electrons. The second-order valence-corrected chi connectivity index (χ2v) is 6.29. The summed E-state index contributed by atoms with van der Waals surface area (Å²) in [6.45, 7) is 5.15. The Balaban J connectivity index is 2.27. The lowest BCUT2D eigenvalue weighted by Crippen LogP contribution is -2.37. The van der Waals surface area contributed by atoms with Gasteiger partial charge >= 0.3 is 5.97 Å². The lowest BCUT2D eigenvalue weighted by molar-refractivity contribution is -0.131. The fourth-order valence-electron chi connectivity index (χ4n) is 2.92. The molecule has 0 aromatic carbocycles. The van der Waals surface area contributed by atoms with Gasteiger partial charge in [0.25, 0.3) is 0 Å². The van der Waals surface area contributed by atoms with E-state index in [-0.39, 0.29) is 24.2 Å². The van der Waals surface area contributed by atoms with Crippen molar-refractivity contribution in [3.05, 3.63) is 22.5 Å². The van der Waals surface area contributed by atoms with Gasteiger partial charge in [0, 0.05) is 25.7 Å². The molecule has 6 heteroatoms. The molecule has 1 N–H and O–H groups in total. The molecule has 0 saturated heterocycles. The van der Waals surface area contributed by atoms with Gasteiger partial charge in [-0.3, -0.25) is 9.59 Å². The molecule has 1 heterocycles. The van der Waals surface area contributed by atoms with Crippen LogP contribution in [0.3, 0.4) is 0 Å². The molecule has 1 aliphatic rings. The molecule has 23 heavy (non-hydrogen) atoms. The van der Waals surface area contributed by atoms with Gasteiger partial charge in [0.15, 0.2) is 5.78 Å². The molecule has 1 atom stereocenters. The lowest BCUT2D eigenvalue weighted by Gasteiger charge is -2.24. The van der Waals surface area contributed by atoms with Crippen LogP contribution in [-0.4, -0.2) is 47.7 Å². The van der Waals surface area contributed by atoms with Crippen molar-refractivity contribution in [2.45, 2.75) is 46.1 Å². The van der Waals surface area contributed by atoms with Gasteiger partial charge in [0.05, 0.1) is 24.8 Å². The molecule has 1 saturated carbocycles. The van der Waals surface area contributed by atoms with Crippen LogP contribution in [0.1, 0.15) is 58.8 Å². The van der Waals surface area contributed by atoms with E-state index < -0.39 is 5.97 Å². The molecule has 1 aromatic rings. The number of aromatic nitrogens is 1. The van der Waals surface area contributed by atoms with Crippen molar-refractivity contribution in [3.63, 3.8) is 0 Å². The first kappa shape index (κ1) is 17.2. The van der Waals surface area contributed by atoms with Crippen LogP contribution in [0.5, 0.6) is 0 Å². The number of carbonyl (C=O) groups is 3. The Morgan fingerprint density at radius 1 is 1.35 bits per heavy atom. The summed E-state index contributed by atoms with van der Waals surface area (Å²) in [6.07, 6.45) is 2.36. The number of aromatic amines is 1. The molecule has 6 nitrogen and oxygen atoms in total. The lowest BCUT2D eigenvalue weighted by atomic mass is 10.1. The summed E-state index contributed by atoms with van der Waals surface area (Å²) in [5, 5.41) is 0. The molecule has 1 aromatic heterocycles. The molecule has 1 fully saturated rings. The summed E-state index contributed by atoms with van der Waals surface area (Å²) in [5.41, 5.74) is 1.62. The van der Waals surface area contributed by atoms with Gasteiger partial charge in [-0.1, -0.05) is 0 Å². The number of likely N-dealkylation sites (N-methyl/N-ethyl adjacent to an activating group) is 1. The Morgan fingerprint density at radius 3 is 2.43 bits per heavy atom. The Hall–Kier alpha value is -2.11. The summed E-state index contributed by atoms with van der Waals surface area (Å²) in [7, 11) is 3.07. The topological polar surface area (TPSA) is 79.5 Å². The number of amides is 1. The monoisotopic (exact) mass is 320 g/mol. The Bertz CT molecular complexity index is 643. The predicted octanol–water partition coefficient (Wildman–Crippen LogP) is 2.11. The molecule has 0 spiro atoms. The van der Waals surface area contributed by atoms with Crippen molar-refractivity contribution in [3.8, 4) is 0 Å². The van der Waals surface area contributed by atoms with E-state index >= 15 is 0 Å². The first-order valence-electron chi connectivity index (χ1n) is 7.84. The second-order valence-electron chi connectivity index (χ2n) is 6.29. The van der Waals surface area contributed by atoms with E-state index in [1.807, 2.05) is 6.92 Å². The summed E-state index contributed by atoms with van der Waals surface area (Å²) in [5.74, 6) is -0.217. The third-order valence-corrected chi connectivity index (χ3v) is 4.71. The van der Waals surface area contributed by atoms with Gasteiger partial charge in [-0.15, -0.1) is 0 Å². The minimum atomic E-state index is -0.535. The average molecular weight is 320 g/mol. The van der Waals surface area contributed by atoms with Gasteiger partial charge in [-0.25, -0.2) is 4.79 Å². The fourth-order valence-corrected chi connectivity index (χ4v) is 2.92. The van der Waals surface area contributed by atoms with E-state index in [1.54, 1.807) is 18.9 Å². The SMILES string of the molecule is COC(=O)c1c(CC(=O)N(C)C(C)C2CC2)[nH]c(C(C)=O)c1C. The highest BCUT2D eigenvalue weighted by molar-refractivity contribution is 6.01. The van der Waals surface area contributed by atoms with Crippen molar-refractivity contribution < 1.29 is 19.1 Å². The first-order valence-corrected chi connectivity index (χ1v) is 7.84. The number of carbonyl (C=O) groups excluding carboxylic acids is 3. The molecule has 0 radical (unpaired) electrons. The van der Waals surface area contributed by atoms with Crippen LogP contribution in [-0.2, 0) is 16.0 Å². The molecular weight excluding hydrogens is 296 g/mol. The molecule has 0 aliphatic heterocycles. The summed E-state index contributed by atoms with van der Waals surface area (Å²) in [4.78, 5) is 40.9. The van der Waals surface area contributed by atoms with E-state index in [0.29, 0.717) is 28.4 Å². The van der Waals surface area contributed by atoms with Crippen molar-refractivity contribution in [1.82, 2.24) is 9.88 Å². The quantitative estimate of drug-likeness (QED) is 0.643. The smallest absolute Gasteiger partial charge is 0.339 e. The van der Waals surface area contributed by atoms with E-state index in [2.05, 4.69) is 4.98 Å². The van der Waals surface area contributed by atoms with Crippen LogP contribution >= 0.6 is 0 Å². The van der Waals surface area contributed by atoms with E-state index in [0.717, 1.165) is 12.8 Å². The zero-order chi connectivity index (χ0) is 17.3. The molecule has 1 unspecified atom stereocenters. The predicted molar refractivity (Wildman–Crippen MR) is 85.5 cm³/mol. The van der Waals surface area contributed by atoms with Crippen molar-refractivity contribution in [2.24, 2.45) is 5.92 Å². The highest BCUT2D eigenvalue weighted by Gasteiger charge is 2.33.